The Morgan fingerprint density at radius 1 is 1.28 bits per heavy atom. The first-order valence-corrected chi connectivity index (χ1v) is 10.2. The van der Waals surface area contributed by atoms with Gasteiger partial charge in [0.25, 0.3) is 0 Å². The van der Waals surface area contributed by atoms with Crippen molar-refractivity contribution in [1.82, 2.24) is 9.46 Å². The van der Waals surface area contributed by atoms with E-state index >= 15 is 0 Å². The molecule has 0 amide bonds. The summed E-state index contributed by atoms with van der Waals surface area (Å²) in [5.74, 6) is -1.27. The zero-order valence-electron chi connectivity index (χ0n) is 13.7. The molecule has 0 radical (unpaired) electrons. The number of fused-ring (bicyclic) bond motifs is 2. The van der Waals surface area contributed by atoms with Crippen molar-refractivity contribution in [3.05, 3.63) is 30.0 Å². The van der Waals surface area contributed by atoms with Gasteiger partial charge in [-0.2, -0.15) is 4.31 Å². The highest BCUT2D eigenvalue weighted by atomic mass is 32.2. The van der Waals surface area contributed by atoms with E-state index in [9.17, 15) is 18.3 Å². The molecule has 1 N–H and O–H groups in total. The van der Waals surface area contributed by atoms with Crippen molar-refractivity contribution in [3.63, 3.8) is 0 Å². The zero-order chi connectivity index (χ0) is 17.6. The van der Waals surface area contributed by atoms with Crippen LogP contribution < -0.4 is 0 Å². The van der Waals surface area contributed by atoms with Crippen LogP contribution in [-0.2, 0) is 20.6 Å². The highest BCUT2D eigenvalue weighted by Gasteiger charge is 2.50. The smallest absolute Gasteiger partial charge is 0.322 e. The molecule has 2 aromatic rings. The molecule has 1 saturated carbocycles. The summed E-state index contributed by atoms with van der Waals surface area (Å²) in [6, 6.07) is 5.89. The van der Waals surface area contributed by atoms with Crippen molar-refractivity contribution in [1.29, 1.82) is 0 Å². The number of carbonyl (C=O) groups is 1. The van der Waals surface area contributed by atoms with E-state index in [2.05, 4.69) is 5.16 Å². The molecule has 2 fully saturated rings. The summed E-state index contributed by atoms with van der Waals surface area (Å²) in [5.41, 5.74) is 0.860. The molecular formula is C17H20N2O5S. The number of carboxylic acids is 1. The second-order valence-corrected chi connectivity index (χ2v) is 8.79. The van der Waals surface area contributed by atoms with Crippen molar-refractivity contribution in [3.8, 4) is 0 Å². The summed E-state index contributed by atoms with van der Waals surface area (Å²) in [5, 5.41) is 14.1. The van der Waals surface area contributed by atoms with Gasteiger partial charge in [0, 0.05) is 11.4 Å². The van der Waals surface area contributed by atoms with E-state index in [4.69, 9.17) is 4.52 Å². The number of nitrogens with zero attached hydrogens (tertiary/aromatic N) is 2. The van der Waals surface area contributed by atoms with Gasteiger partial charge in [0.1, 0.15) is 17.5 Å². The van der Waals surface area contributed by atoms with Crippen LogP contribution in [0.5, 0.6) is 0 Å². The van der Waals surface area contributed by atoms with Crippen LogP contribution >= 0.6 is 0 Å². The van der Waals surface area contributed by atoms with Crippen molar-refractivity contribution in [2.45, 2.75) is 49.9 Å². The van der Waals surface area contributed by atoms with E-state index in [0.717, 1.165) is 25.7 Å². The first kappa shape index (κ1) is 16.5. The molecule has 1 saturated heterocycles. The van der Waals surface area contributed by atoms with E-state index in [0.29, 0.717) is 23.1 Å². The summed E-state index contributed by atoms with van der Waals surface area (Å²) in [6.45, 7) is 0. The van der Waals surface area contributed by atoms with E-state index in [1.807, 2.05) is 0 Å². The number of rotatable bonds is 4. The first-order chi connectivity index (χ1) is 12.0. The largest absolute Gasteiger partial charge is 0.480 e. The highest BCUT2D eigenvalue weighted by molar-refractivity contribution is 7.88. The van der Waals surface area contributed by atoms with Gasteiger partial charge in [0.05, 0.1) is 0 Å². The Labute approximate surface area is 145 Å². The standard InChI is InChI=1S/C17H20N2O5S/c20-17(21)15-9-11-5-1-3-7-14(11)19(15)25(22,23)10-13-12-6-2-4-8-16(12)24-18-13/h2,4,6,8,11,14-15H,1,3,5,7,9-10H2,(H,20,21). The fourth-order valence-electron chi connectivity index (χ4n) is 4.32. The van der Waals surface area contributed by atoms with Crippen LogP contribution in [0, 0.1) is 5.92 Å². The van der Waals surface area contributed by atoms with Gasteiger partial charge >= 0.3 is 5.97 Å². The minimum Gasteiger partial charge on any atom is -0.480 e. The lowest BCUT2D eigenvalue weighted by atomic mass is 9.85. The molecule has 3 unspecified atom stereocenters. The van der Waals surface area contributed by atoms with Crippen LogP contribution in [0.4, 0.5) is 0 Å². The molecule has 0 bridgehead atoms. The van der Waals surface area contributed by atoms with Crippen LogP contribution in [0.25, 0.3) is 11.0 Å². The van der Waals surface area contributed by atoms with Gasteiger partial charge in [-0.25, -0.2) is 8.42 Å². The Hall–Kier alpha value is -1.93. The summed E-state index contributed by atoms with van der Waals surface area (Å²) in [4.78, 5) is 11.7. The van der Waals surface area contributed by atoms with E-state index < -0.39 is 22.0 Å². The fraction of sp³-hybridized carbons (Fsp3) is 0.529. The molecular weight excluding hydrogens is 344 g/mol. The Balaban J connectivity index is 1.69. The summed E-state index contributed by atoms with van der Waals surface area (Å²) >= 11 is 0. The van der Waals surface area contributed by atoms with Crippen molar-refractivity contribution < 1.29 is 22.8 Å². The molecule has 3 atom stereocenters. The second kappa shape index (κ2) is 6.10. The van der Waals surface area contributed by atoms with Gasteiger partial charge < -0.3 is 9.63 Å². The van der Waals surface area contributed by atoms with Gasteiger partial charge in [0.2, 0.25) is 10.0 Å². The molecule has 25 heavy (non-hydrogen) atoms. The van der Waals surface area contributed by atoms with Crippen molar-refractivity contribution in [2.24, 2.45) is 5.92 Å². The Kier molecular flexibility index (Phi) is 4.04. The lowest BCUT2D eigenvalue weighted by molar-refractivity contribution is -0.141. The minimum absolute atomic E-state index is 0.138. The van der Waals surface area contributed by atoms with Crippen molar-refractivity contribution >= 4 is 27.0 Å². The second-order valence-electron chi connectivity index (χ2n) is 6.91. The topological polar surface area (TPSA) is 101 Å². The predicted octanol–water partition coefficient (Wildman–Crippen LogP) is 2.38. The van der Waals surface area contributed by atoms with E-state index in [-0.39, 0.29) is 17.7 Å². The molecule has 0 spiro atoms. The molecule has 1 aliphatic carbocycles. The molecule has 1 aromatic heterocycles. The van der Waals surface area contributed by atoms with Crippen LogP contribution in [0.3, 0.4) is 0 Å². The van der Waals surface area contributed by atoms with Crippen molar-refractivity contribution in [2.75, 3.05) is 0 Å². The van der Waals surface area contributed by atoms with E-state index in [1.54, 1.807) is 24.3 Å². The number of hydrogen-bond donors (Lipinski definition) is 1. The molecule has 2 heterocycles. The average molecular weight is 364 g/mol. The molecule has 1 aliphatic heterocycles. The molecule has 4 rings (SSSR count). The predicted molar refractivity (Wildman–Crippen MR) is 90.3 cm³/mol. The summed E-state index contributed by atoms with van der Waals surface area (Å²) in [6.07, 6.45) is 4.00. The third kappa shape index (κ3) is 2.83. The third-order valence-corrected chi connectivity index (χ3v) is 7.21. The lowest BCUT2D eigenvalue weighted by Crippen LogP contribution is -2.46. The van der Waals surface area contributed by atoms with E-state index in [1.165, 1.54) is 4.31 Å². The lowest BCUT2D eigenvalue weighted by Gasteiger charge is -2.31. The fourth-order valence-corrected chi connectivity index (χ4v) is 6.28. The molecule has 7 nitrogen and oxygen atoms in total. The summed E-state index contributed by atoms with van der Waals surface area (Å²) in [7, 11) is -3.81. The minimum atomic E-state index is -3.81. The zero-order valence-corrected chi connectivity index (χ0v) is 14.5. The van der Waals surface area contributed by atoms with Crippen LogP contribution in [0.2, 0.25) is 0 Å². The van der Waals surface area contributed by atoms with Crippen LogP contribution in [0.15, 0.2) is 28.8 Å². The maximum absolute atomic E-state index is 13.1. The Morgan fingerprint density at radius 3 is 2.84 bits per heavy atom. The SMILES string of the molecule is O=C(O)C1CC2CCCCC2N1S(=O)(=O)Cc1noc2ccccc12. The quantitative estimate of drug-likeness (QED) is 0.894. The molecule has 2 aliphatic rings. The normalized spacial score (nSPS) is 27.4. The van der Waals surface area contributed by atoms with Gasteiger partial charge in [-0.15, -0.1) is 0 Å². The number of aromatic nitrogens is 1. The Bertz CT molecular complexity index is 907. The molecule has 134 valence electrons. The number of hydrogen-bond acceptors (Lipinski definition) is 5. The Morgan fingerprint density at radius 2 is 2.04 bits per heavy atom. The summed E-state index contributed by atoms with van der Waals surface area (Å²) < 4.78 is 32.6. The molecule has 8 heteroatoms. The van der Waals surface area contributed by atoms with Crippen LogP contribution in [0.1, 0.15) is 37.8 Å². The van der Waals surface area contributed by atoms with Gasteiger partial charge in [-0.05, 0) is 37.3 Å². The average Bonchev–Trinajstić information content (AvgIpc) is 3.17. The number of aliphatic carboxylic acids is 1. The van der Waals surface area contributed by atoms with Crippen LogP contribution in [-0.4, -0.2) is 41.0 Å². The number of para-hydroxylation sites is 1. The van der Waals surface area contributed by atoms with Gasteiger partial charge in [-0.3, -0.25) is 4.79 Å². The molecule has 1 aromatic carbocycles. The maximum atomic E-state index is 13.1. The van der Waals surface area contributed by atoms with Gasteiger partial charge in [0.15, 0.2) is 5.58 Å². The maximum Gasteiger partial charge on any atom is 0.322 e. The number of benzene rings is 1. The van der Waals surface area contributed by atoms with Gasteiger partial charge in [-0.1, -0.05) is 30.1 Å². The monoisotopic (exact) mass is 364 g/mol. The first-order valence-electron chi connectivity index (χ1n) is 8.54. The number of sulfonamides is 1. The highest BCUT2D eigenvalue weighted by Crippen LogP contribution is 2.42. The third-order valence-electron chi connectivity index (χ3n) is 5.41. The number of carboxylic acid groups (broad SMARTS) is 1.